The molecule has 8 heteroatoms. The maximum Gasteiger partial charge on any atom is 0.321 e. The smallest absolute Gasteiger partial charge is 0.321 e. The topological polar surface area (TPSA) is 97.3 Å². The van der Waals surface area contributed by atoms with Crippen molar-refractivity contribution in [3.05, 3.63) is 47.6 Å². The van der Waals surface area contributed by atoms with Gasteiger partial charge in [-0.05, 0) is 56.4 Å². The highest BCUT2D eigenvalue weighted by atomic mass is 16.5. The number of nitrogens with one attached hydrogen (secondary N) is 1. The fourth-order valence-electron chi connectivity index (χ4n) is 3.80. The van der Waals surface area contributed by atoms with Gasteiger partial charge >= 0.3 is 6.03 Å². The molecular weight excluding hydrogens is 370 g/mol. The zero-order chi connectivity index (χ0) is 19.8. The number of aromatic nitrogens is 3. The van der Waals surface area contributed by atoms with E-state index in [1.54, 1.807) is 6.26 Å². The summed E-state index contributed by atoms with van der Waals surface area (Å²) in [5.74, 6) is 2.14. The standard InChI is InChI=1S/C21H23N5O3/c1-13-12-16(20-23-19(25-29-20)15-2-3-15)4-5-17(13)22-21(27)26-9-6-14(7-10-26)18-8-11-28-24-18/h4-5,8,11-12,14-15H,2-3,6-7,9-10H2,1H3,(H,22,27). The molecule has 1 saturated heterocycles. The van der Waals surface area contributed by atoms with Crippen LogP contribution in [0.3, 0.4) is 0 Å². The summed E-state index contributed by atoms with van der Waals surface area (Å²) in [6.07, 6.45) is 5.65. The van der Waals surface area contributed by atoms with Crippen LogP contribution in [0.4, 0.5) is 10.5 Å². The highest BCUT2D eigenvalue weighted by molar-refractivity contribution is 5.90. The van der Waals surface area contributed by atoms with E-state index in [1.165, 1.54) is 0 Å². The van der Waals surface area contributed by atoms with Crippen molar-refractivity contribution in [2.24, 2.45) is 0 Å². The molecule has 2 aliphatic rings. The summed E-state index contributed by atoms with van der Waals surface area (Å²) >= 11 is 0. The van der Waals surface area contributed by atoms with Gasteiger partial charge in [0.25, 0.3) is 5.89 Å². The molecule has 5 rings (SSSR count). The first kappa shape index (κ1) is 17.9. The SMILES string of the molecule is Cc1cc(-c2nc(C3CC3)no2)ccc1NC(=O)N1CCC(c2ccon2)CC1. The minimum Gasteiger partial charge on any atom is -0.365 e. The van der Waals surface area contributed by atoms with Crippen LogP contribution in [0.2, 0.25) is 0 Å². The van der Waals surface area contributed by atoms with Gasteiger partial charge in [0, 0.05) is 42.2 Å². The Labute approximate surface area is 168 Å². The zero-order valence-corrected chi connectivity index (χ0v) is 16.3. The summed E-state index contributed by atoms with van der Waals surface area (Å²) in [5.41, 5.74) is 3.59. The number of hydrogen-bond acceptors (Lipinski definition) is 6. The maximum atomic E-state index is 12.7. The number of rotatable bonds is 4. The Morgan fingerprint density at radius 3 is 2.62 bits per heavy atom. The molecule has 0 radical (unpaired) electrons. The van der Waals surface area contributed by atoms with Gasteiger partial charge in [-0.25, -0.2) is 4.79 Å². The minimum absolute atomic E-state index is 0.0757. The molecule has 1 saturated carbocycles. The van der Waals surface area contributed by atoms with E-state index < -0.39 is 0 Å². The van der Waals surface area contributed by atoms with Crippen LogP contribution in [0.25, 0.3) is 11.5 Å². The molecule has 2 fully saturated rings. The predicted octanol–water partition coefficient (Wildman–Crippen LogP) is 4.32. The van der Waals surface area contributed by atoms with Crippen LogP contribution in [-0.4, -0.2) is 39.3 Å². The first-order valence-electron chi connectivity index (χ1n) is 10.1. The van der Waals surface area contributed by atoms with Gasteiger partial charge in [0.2, 0.25) is 0 Å². The van der Waals surface area contributed by atoms with E-state index >= 15 is 0 Å². The van der Waals surface area contributed by atoms with Crippen LogP contribution >= 0.6 is 0 Å². The average Bonchev–Trinajstić information content (AvgIpc) is 3.24. The van der Waals surface area contributed by atoms with Gasteiger partial charge in [-0.1, -0.05) is 10.3 Å². The van der Waals surface area contributed by atoms with E-state index in [2.05, 4.69) is 20.6 Å². The molecule has 2 amide bonds. The van der Waals surface area contributed by atoms with Gasteiger partial charge in [0.15, 0.2) is 5.82 Å². The molecule has 3 aromatic rings. The monoisotopic (exact) mass is 393 g/mol. The summed E-state index contributed by atoms with van der Waals surface area (Å²) < 4.78 is 10.3. The lowest BCUT2D eigenvalue weighted by Crippen LogP contribution is -2.40. The Morgan fingerprint density at radius 2 is 1.93 bits per heavy atom. The largest absolute Gasteiger partial charge is 0.365 e. The van der Waals surface area contributed by atoms with E-state index in [4.69, 9.17) is 9.05 Å². The Bertz CT molecular complexity index is 1000. The summed E-state index contributed by atoms with van der Waals surface area (Å²) in [5, 5.41) is 11.1. The second-order valence-corrected chi connectivity index (χ2v) is 7.88. The molecule has 3 heterocycles. The van der Waals surface area contributed by atoms with Crippen molar-refractivity contribution in [3.63, 3.8) is 0 Å². The van der Waals surface area contributed by atoms with Crippen molar-refractivity contribution in [2.45, 2.75) is 44.4 Å². The third-order valence-corrected chi connectivity index (χ3v) is 5.76. The molecule has 1 aromatic carbocycles. The molecular formula is C21H23N5O3. The molecule has 1 aliphatic carbocycles. The number of carbonyl (C=O) groups is 1. The highest BCUT2D eigenvalue weighted by Gasteiger charge is 2.29. The lowest BCUT2D eigenvalue weighted by molar-refractivity contribution is 0.193. The summed E-state index contributed by atoms with van der Waals surface area (Å²) in [4.78, 5) is 19.0. The molecule has 2 aromatic heterocycles. The van der Waals surface area contributed by atoms with Crippen molar-refractivity contribution in [2.75, 3.05) is 18.4 Å². The van der Waals surface area contributed by atoms with Crippen molar-refractivity contribution < 1.29 is 13.8 Å². The Balaban J connectivity index is 1.21. The Kier molecular flexibility index (Phi) is 4.54. The average molecular weight is 393 g/mol. The second-order valence-electron chi connectivity index (χ2n) is 7.88. The van der Waals surface area contributed by atoms with Gasteiger partial charge in [0.05, 0.1) is 5.69 Å². The third kappa shape index (κ3) is 3.74. The molecule has 0 spiro atoms. The van der Waals surface area contributed by atoms with E-state index in [-0.39, 0.29) is 6.03 Å². The van der Waals surface area contributed by atoms with Crippen molar-refractivity contribution in [3.8, 4) is 11.5 Å². The number of nitrogens with zero attached hydrogens (tertiary/aromatic N) is 4. The van der Waals surface area contributed by atoms with Crippen molar-refractivity contribution >= 4 is 11.7 Å². The van der Waals surface area contributed by atoms with Crippen molar-refractivity contribution in [1.29, 1.82) is 0 Å². The van der Waals surface area contributed by atoms with Gasteiger partial charge in [-0.2, -0.15) is 4.98 Å². The maximum absolute atomic E-state index is 12.7. The molecule has 1 aliphatic heterocycles. The van der Waals surface area contributed by atoms with E-state index in [0.717, 1.165) is 54.0 Å². The van der Waals surface area contributed by atoms with E-state index in [0.29, 0.717) is 30.8 Å². The molecule has 0 atom stereocenters. The third-order valence-electron chi connectivity index (χ3n) is 5.76. The first-order chi connectivity index (χ1) is 14.2. The van der Waals surface area contributed by atoms with Gasteiger partial charge in [0.1, 0.15) is 6.26 Å². The molecule has 29 heavy (non-hydrogen) atoms. The second kappa shape index (κ2) is 7.35. The predicted molar refractivity (Wildman–Crippen MR) is 106 cm³/mol. The first-order valence-corrected chi connectivity index (χ1v) is 10.1. The number of carbonyl (C=O) groups excluding carboxylic acids is 1. The number of amides is 2. The summed E-state index contributed by atoms with van der Waals surface area (Å²) in [6.45, 7) is 3.37. The lowest BCUT2D eigenvalue weighted by Gasteiger charge is -2.31. The van der Waals surface area contributed by atoms with Crippen LogP contribution in [0.15, 0.2) is 39.6 Å². The van der Waals surface area contributed by atoms with Crippen LogP contribution in [0, 0.1) is 6.92 Å². The fraction of sp³-hybridized carbons (Fsp3) is 0.429. The number of urea groups is 1. The number of aryl methyl sites for hydroxylation is 1. The molecule has 8 nitrogen and oxygen atoms in total. The number of hydrogen-bond donors (Lipinski definition) is 1. The quantitative estimate of drug-likeness (QED) is 0.709. The van der Waals surface area contributed by atoms with E-state index in [9.17, 15) is 4.79 Å². The normalized spacial score (nSPS) is 17.5. The number of anilines is 1. The van der Waals surface area contributed by atoms with Crippen LogP contribution < -0.4 is 5.32 Å². The van der Waals surface area contributed by atoms with Crippen LogP contribution in [0.1, 0.15) is 54.6 Å². The number of benzene rings is 1. The van der Waals surface area contributed by atoms with Gasteiger partial charge < -0.3 is 19.3 Å². The Morgan fingerprint density at radius 1 is 1.10 bits per heavy atom. The zero-order valence-electron chi connectivity index (χ0n) is 16.3. The fourth-order valence-corrected chi connectivity index (χ4v) is 3.80. The Hall–Kier alpha value is -3.16. The van der Waals surface area contributed by atoms with Crippen LogP contribution in [0.5, 0.6) is 0 Å². The van der Waals surface area contributed by atoms with E-state index in [1.807, 2.05) is 36.1 Å². The highest BCUT2D eigenvalue weighted by Crippen LogP contribution is 2.39. The molecule has 1 N–H and O–H groups in total. The van der Waals surface area contributed by atoms with Gasteiger partial charge in [-0.3, -0.25) is 0 Å². The summed E-state index contributed by atoms with van der Waals surface area (Å²) in [7, 11) is 0. The molecule has 0 unspecified atom stereocenters. The lowest BCUT2D eigenvalue weighted by atomic mass is 9.94. The van der Waals surface area contributed by atoms with Gasteiger partial charge in [-0.15, -0.1) is 0 Å². The minimum atomic E-state index is -0.0757. The molecule has 150 valence electrons. The number of piperidine rings is 1. The molecule has 0 bridgehead atoms. The van der Waals surface area contributed by atoms with Crippen LogP contribution in [-0.2, 0) is 0 Å². The van der Waals surface area contributed by atoms with Crippen molar-refractivity contribution in [1.82, 2.24) is 20.2 Å². The summed E-state index contributed by atoms with van der Waals surface area (Å²) in [6, 6.07) is 7.60. The number of likely N-dealkylation sites (tertiary alicyclic amines) is 1.